The summed E-state index contributed by atoms with van der Waals surface area (Å²) in [6.45, 7) is 1.06. The molecule has 0 aliphatic heterocycles. The summed E-state index contributed by atoms with van der Waals surface area (Å²) >= 11 is 0. The molecule has 0 saturated carbocycles. The molecule has 0 aliphatic rings. The molecule has 0 fully saturated rings. The van der Waals surface area contributed by atoms with Crippen molar-refractivity contribution in [3.8, 4) is 11.3 Å². The molecular weight excluding hydrogens is 294 g/mol. The molecule has 0 bridgehead atoms. The lowest BCUT2D eigenvalue weighted by Crippen LogP contribution is -2.31. The molecule has 3 aromatic rings. The van der Waals surface area contributed by atoms with Gasteiger partial charge in [0.1, 0.15) is 17.7 Å². The number of nitrogens with one attached hydrogen (secondary N) is 1. The fourth-order valence-corrected chi connectivity index (χ4v) is 2.53. The lowest BCUT2D eigenvalue weighted by atomic mass is 10.1. The van der Waals surface area contributed by atoms with Crippen molar-refractivity contribution in [2.75, 3.05) is 27.3 Å². The number of methoxy groups -OCH3 is 1. The van der Waals surface area contributed by atoms with Gasteiger partial charge in [-0.1, -0.05) is 0 Å². The van der Waals surface area contributed by atoms with E-state index in [1.54, 1.807) is 19.1 Å². The number of aryl methyl sites for hydroxylation is 1. The first-order valence-electron chi connectivity index (χ1n) is 7.31. The Bertz CT molecular complexity index is 836. The number of nitrogens with zero attached hydrogens (tertiary/aromatic N) is 4. The van der Waals surface area contributed by atoms with Crippen LogP contribution in [0, 0.1) is 0 Å². The van der Waals surface area contributed by atoms with Crippen LogP contribution in [-0.4, -0.2) is 57.6 Å². The van der Waals surface area contributed by atoms with Crippen molar-refractivity contribution >= 4 is 16.9 Å². The normalized spacial score (nSPS) is 11.1. The molecule has 0 saturated heterocycles. The highest BCUT2D eigenvalue weighted by Crippen LogP contribution is 2.26. The highest BCUT2D eigenvalue weighted by atomic mass is 16.5. The highest BCUT2D eigenvalue weighted by Gasteiger charge is 2.18. The number of carbonyl (C=O) groups is 1. The van der Waals surface area contributed by atoms with Crippen LogP contribution in [0.3, 0.4) is 0 Å². The Balaban J connectivity index is 1.95. The van der Waals surface area contributed by atoms with Crippen molar-refractivity contribution < 1.29 is 9.53 Å². The second-order valence-electron chi connectivity index (χ2n) is 5.41. The predicted molar refractivity (Wildman–Crippen MR) is 87.1 cm³/mol. The van der Waals surface area contributed by atoms with E-state index in [9.17, 15) is 4.79 Å². The molecule has 0 atom stereocenters. The molecule has 3 aromatic heterocycles. The number of ether oxygens (including phenoxy) is 1. The zero-order valence-corrected chi connectivity index (χ0v) is 13.4. The molecule has 0 unspecified atom stereocenters. The third kappa shape index (κ3) is 2.83. The summed E-state index contributed by atoms with van der Waals surface area (Å²) in [4.78, 5) is 25.8. The fourth-order valence-electron chi connectivity index (χ4n) is 2.53. The SMILES string of the molecule is COCCN(C)C(=O)c1cc(-c2ncnc3[nH]ccc23)cn1C. The second-order valence-corrected chi connectivity index (χ2v) is 5.41. The van der Waals surface area contributed by atoms with Gasteiger partial charge in [0, 0.05) is 51.1 Å². The van der Waals surface area contributed by atoms with Crippen LogP contribution in [0.4, 0.5) is 0 Å². The van der Waals surface area contributed by atoms with E-state index in [1.807, 2.05) is 36.1 Å². The van der Waals surface area contributed by atoms with Gasteiger partial charge in [-0.15, -0.1) is 0 Å². The molecule has 0 spiro atoms. The van der Waals surface area contributed by atoms with Crippen molar-refractivity contribution in [3.05, 3.63) is 36.5 Å². The number of likely N-dealkylation sites (N-methyl/N-ethyl adjacent to an activating group) is 1. The predicted octanol–water partition coefficient (Wildman–Crippen LogP) is 1.68. The molecule has 0 aromatic carbocycles. The Morgan fingerprint density at radius 3 is 3.04 bits per heavy atom. The van der Waals surface area contributed by atoms with Crippen LogP contribution in [0.5, 0.6) is 0 Å². The van der Waals surface area contributed by atoms with Gasteiger partial charge in [0.25, 0.3) is 5.91 Å². The molecule has 120 valence electrons. The number of hydrogen-bond acceptors (Lipinski definition) is 4. The largest absolute Gasteiger partial charge is 0.383 e. The summed E-state index contributed by atoms with van der Waals surface area (Å²) in [7, 11) is 5.25. The molecule has 1 amide bonds. The van der Waals surface area contributed by atoms with Crippen LogP contribution in [-0.2, 0) is 11.8 Å². The molecule has 0 radical (unpaired) electrons. The Labute approximate surface area is 133 Å². The van der Waals surface area contributed by atoms with Crippen LogP contribution in [0.15, 0.2) is 30.9 Å². The minimum atomic E-state index is -0.0461. The summed E-state index contributed by atoms with van der Waals surface area (Å²) in [5.41, 5.74) is 3.10. The highest BCUT2D eigenvalue weighted by molar-refractivity contribution is 5.96. The Morgan fingerprint density at radius 2 is 2.26 bits per heavy atom. The third-order valence-electron chi connectivity index (χ3n) is 3.83. The topological polar surface area (TPSA) is 76.0 Å². The molecule has 3 rings (SSSR count). The number of amides is 1. The van der Waals surface area contributed by atoms with Crippen molar-refractivity contribution in [3.63, 3.8) is 0 Å². The number of fused-ring (bicyclic) bond motifs is 1. The summed E-state index contributed by atoms with van der Waals surface area (Å²) in [5.74, 6) is -0.0461. The maximum atomic E-state index is 12.5. The molecule has 0 aliphatic carbocycles. The van der Waals surface area contributed by atoms with Gasteiger partial charge in [-0.05, 0) is 12.1 Å². The Kier molecular flexibility index (Phi) is 4.12. The fraction of sp³-hybridized carbons (Fsp3) is 0.312. The van der Waals surface area contributed by atoms with Crippen LogP contribution in [0.1, 0.15) is 10.5 Å². The zero-order chi connectivity index (χ0) is 16.4. The van der Waals surface area contributed by atoms with Gasteiger partial charge in [0.2, 0.25) is 0 Å². The molecule has 3 heterocycles. The van der Waals surface area contributed by atoms with E-state index in [-0.39, 0.29) is 5.91 Å². The quantitative estimate of drug-likeness (QED) is 0.777. The average Bonchev–Trinajstić information content (AvgIpc) is 3.17. The Morgan fingerprint density at radius 1 is 1.43 bits per heavy atom. The minimum absolute atomic E-state index is 0.0461. The van der Waals surface area contributed by atoms with Gasteiger partial charge in [0.15, 0.2) is 0 Å². The van der Waals surface area contributed by atoms with Crippen LogP contribution in [0.2, 0.25) is 0 Å². The summed E-state index contributed by atoms with van der Waals surface area (Å²) < 4.78 is 6.84. The number of carbonyl (C=O) groups excluding carboxylic acids is 1. The van der Waals surface area contributed by atoms with Crippen molar-refractivity contribution in [2.24, 2.45) is 7.05 Å². The van der Waals surface area contributed by atoms with Gasteiger partial charge in [-0.2, -0.15) is 0 Å². The molecule has 7 nitrogen and oxygen atoms in total. The monoisotopic (exact) mass is 313 g/mol. The lowest BCUT2D eigenvalue weighted by molar-refractivity contribution is 0.0735. The zero-order valence-electron chi connectivity index (χ0n) is 13.4. The standard InChI is InChI=1S/C16H19N5O2/c1-20(6-7-23-3)16(22)13-8-11(9-21(13)2)14-12-4-5-17-15(12)19-10-18-14/h4-5,8-10H,6-7H2,1-3H3,(H,17,18,19). The van der Waals surface area contributed by atoms with Crippen LogP contribution in [0.25, 0.3) is 22.3 Å². The molecule has 1 N–H and O–H groups in total. The first-order valence-corrected chi connectivity index (χ1v) is 7.31. The van der Waals surface area contributed by atoms with Crippen molar-refractivity contribution in [1.29, 1.82) is 0 Å². The maximum absolute atomic E-state index is 12.5. The number of H-pyrrole nitrogens is 1. The van der Waals surface area contributed by atoms with Gasteiger partial charge in [-0.3, -0.25) is 4.79 Å². The number of hydrogen-bond donors (Lipinski definition) is 1. The van der Waals surface area contributed by atoms with Gasteiger partial charge >= 0.3 is 0 Å². The van der Waals surface area contributed by atoms with Gasteiger partial charge in [0.05, 0.1) is 12.3 Å². The van der Waals surface area contributed by atoms with Crippen molar-refractivity contribution in [2.45, 2.75) is 0 Å². The molecular formula is C16H19N5O2. The van der Waals surface area contributed by atoms with E-state index in [0.29, 0.717) is 18.8 Å². The van der Waals surface area contributed by atoms with E-state index in [2.05, 4.69) is 15.0 Å². The van der Waals surface area contributed by atoms with E-state index < -0.39 is 0 Å². The number of aromatic amines is 1. The lowest BCUT2D eigenvalue weighted by Gasteiger charge is -2.16. The first kappa shape index (κ1) is 15.2. The van der Waals surface area contributed by atoms with E-state index >= 15 is 0 Å². The smallest absolute Gasteiger partial charge is 0.270 e. The summed E-state index contributed by atoms with van der Waals surface area (Å²) in [6, 6.07) is 3.80. The summed E-state index contributed by atoms with van der Waals surface area (Å²) in [5, 5.41) is 0.935. The van der Waals surface area contributed by atoms with E-state index in [1.165, 1.54) is 6.33 Å². The summed E-state index contributed by atoms with van der Waals surface area (Å²) in [6.07, 6.45) is 5.26. The first-order chi connectivity index (χ1) is 11.1. The van der Waals surface area contributed by atoms with Crippen LogP contribution < -0.4 is 0 Å². The minimum Gasteiger partial charge on any atom is -0.383 e. The second kappa shape index (κ2) is 6.21. The Hall–Kier alpha value is -2.67. The average molecular weight is 313 g/mol. The molecule has 7 heteroatoms. The van der Waals surface area contributed by atoms with Gasteiger partial charge < -0.3 is 19.2 Å². The van der Waals surface area contributed by atoms with Gasteiger partial charge in [-0.25, -0.2) is 9.97 Å². The number of rotatable bonds is 5. The maximum Gasteiger partial charge on any atom is 0.270 e. The van der Waals surface area contributed by atoms with Crippen LogP contribution >= 0.6 is 0 Å². The van der Waals surface area contributed by atoms with Crippen molar-refractivity contribution in [1.82, 2.24) is 24.4 Å². The van der Waals surface area contributed by atoms with E-state index in [4.69, 9.17) is 4.74 Å². The molecule has 23 heavy (non-hydrogen) atoms. The number of aromatic nitrogens is 4. The third-order valence-corrected chi connectivity index (χ3v) is 3.83. The van der Waals surface area contributed by atoms with E-state index in [0.717, 1.165) is 22.3 Å².